The molecule has 1 N–H and O–H groups in total. The molecule has 0 saturated heterocycles. The lowest BCUT2D eigenvalue weighted by Crippen LogP contribution is -2.51. The van der Waals surface area contributed by atoms with Crippen molar-refractivity contribution in [3.63, 3.8) is 0 Å². The molecule has 0 aliphatic heterocycles. The van der Waals surface area contributed by atoms with Crippen LogP contribution >= 0.6 is 0 Å². The van der Waals surface area contributed by atoms with Crippen LogP contribution in [0, 0.1) is 17.1 Å². The van der Waals surface area contributed by atoms with Crippen LogP contribution in [0.5, 0.6) is 11.6 Å². The Morgan fingerprint density at radius 3 is 2.34 bits per heavy atom. The fourth-order valence-electron chi connectivity index (χ4n) is 3.89. The summed E-state index contributed by atoms with van der Waals surface area (Å²) in [5.41, 5.74) is -0.868. The smallest absolute Gasteiger partial charge is 0.417 e. The van der Waals surface area contributed by atoms with Gasteiger partial charge in [0.2, 0.25) is 5.88 Å². The van der Waals surface area contributed by atoms with Crippen LogP contribution < -0.4 is 14.8 Å². The van der Waals surface area contributed by atoms with E-state index < -0.39 is 41.0 Å². The van der Waals surface area contributed by atoms with Crippen molar-refractivity contribution in [3.05, 3.63) is 88.9 Å². The van der Waals surface area contributed by atoms with Gasteiger partial charge in [0.05, 0.1) is 24.3 Å². The summed E-state index contributed by atoms with van der Waals surface area (Å²) in [6, 6.07) is 14.6. The number of hydrogen-bond donors (Lipinski definition) is 1. The minimum atomic E-state index is -4.55. The summed E-state index contributed by atoms with van der Waals surface area (Å²) in [7, 11) is 1.55. The van der Waals surface area contributed by atoms with Crippen molar-refractivity contribution in [1.29, 1.82) is 5.26 Å². The maximum Gasteiger partial charge on any atom is 0.417 e. The number of nitriles is 1. The SMILES string of the molecule is COc1ccc(C[C@@H](c2cc(F)cc(C#N)c2)[C@H](C)NC(=O)C(C)(C)Oc2ccc(C(F)(F)F)cn2)cc1. The molecule has 2 aromatic carbocycles. The predicted molar refractivity (Wildman–Crippen MR) is 132 cm³/mol. The van der Waals surface area contributed by atoms with Gasteiger partial charge in [-0.05, 0) is 74.7 Å². The van der Waals surface area contributed by atoms with Gasteiger partial charge >= 0.3 is 6.18 Å². The zero-order chi connectivity index (χ0) is 28.1. The average Bonchev–Trinajstić information content (AvgIpc) is 2.86. The second-order valence-corrected chi connectivity index (χ2v) is 9.30. The molecule has 1 aromatic heterocycles. The minimum absolute atomic E-state index is 0.148. The Labute approximate surface area is 218 Å². The normalized spacial score (nSPS) is 13.2. The first-order valence-electron chi connectivity index (χ1n) is 11.7. The van der Waals surface area contributed by atoms with Crippen LogP contribution in [0.1, 0.15) is 48.9 Å². The first-order chi connectivity index (χ1) is 17.8. The number of benzene rings is 2. The van der Waals surface area contributed by atoms with Crippen molar-refractivity contribution in [1.82, 2.24) is 10.3 Å². The molecule has 3 rings (SSSR count). The number of pyridine rings is 1. The predicted octanol–water partition coefficient (Wildman–Crippen LogP) is 5.81. The third-order valence-electron chi connectivity index (χ3n) is 6.02. The van der Waals surface area contributed by atoms with E-state index in [0.29, 0.717) is 23.9 Å². The van der Waals surface area contributed by atoms with E-state index in [0.717, 1.165) is 23.8 Å². The van der Waals surface area contributed by atoms with Gasteiger partial charge in [-0.2, -0.15) is 18.4 Å². The third kappa shape index (κ3) is 7.22. The van der Waals surface area contributed by atoms with Crippen molar-refractivity contribution in [2.45, 2.75) is 50.9 Å². The molecule has 0 saturated carbocycles. The summed E-state index contributed by atoms with van der Waals surface area (Å²) in [4.78, 5) is 16.8. The lowest BCUT2D eigenvalue weighted by molar-refractivity contribution is -0.138. The Balaban J connectivity index is 1.83. The van der Waals surface area contributed by atoms with Crippen LogP contribution in [0.25, 0.3) is 0 Å². The molecule has 0 fully saturated rings. The molecule has 200 valence electrons. The molecule has 2 atom stereocenters. The van der Waals surface area contributed by atoms with Gasteiger partial charge in [0, 0.05) is 24.2 Å². The van der Waals surface area contributed by atoms with E-state index in [1.165, 1.54) is 19.9 Å². The minimum Gasteiger partial charge on any atom is -0.497 e. The summed E-state index contributed by atoms with van der Waals surface area (Å²) < 4.78 is 63.6. The second-order valence-electron chi connectivity index (χ2n) is 9.30. The Kier molecular flexibility index (Phi) is 8.61. The first-order valence-corrected chi connectivity index (χ1v) is 11.7. The zero-order valence-electron chi connectivity index (χ0n) is 21.3. The van der Waals surface area contributed by atoms with Gasteiger partial charge in [0.15, 0.2) is 5.60 Å². The highest BCUT2D eigenvalue weighted by atomic mass is 19.4. The highest BCUT2D eigenvalue weighted by molar-refractivity contribution is 5.85. The molecule has 10 heteroatoms. The molecule has 38 heavy (non-hydrogen) atoms. The average molecular weight is 530 g/mol. The number of hydrogen-bond acceptors (Lipinski definition) is 5. The van der Waals surface area contributed by atoms with Gasteiger partial charge in [-0.25, -0.2) is 9.37 Å². The Morgan fingerprint density at radius 2 is 1.79 bits per heavy atom. The van der Waals surface area contributed by atoms with Gasteiger partial charge in [-0.1, -0.05) is 12.1 Å². The maximum atomic E-state index is 14.3. The molecule has 0 aliphatic rings. The van der Waals surface area contributed by atoms with Crippen molar-refractivity contribution >= 4 is 5.91 Å². The molecular formula is C28H27F4N3O3. The largest absolute Gasteiger partial charge is 0.497 e. The number of nitrogens with zero attached hydrogens (tertiary/aromatic N) is 2. The molecule has 0 radical (unpaired) electrons. The highest BCUT2D eigenvalue weighted by Gasteiger charge is 2.35. The molecule has 0 spiro atoms. The molecule has 3 aromatic rings. The highest BCUT2D eigenvalue weighted by Crippen LogP contribution is 2.30. The van der Waals surface area contributed by atoms with Gasteiger partial charge in [-0.15, -0.1) is 0 Å². The lowest BCUT2D eigenvalue weighted by Gasteiger charge is -2.30. The standard InChI is InChI=1S/C28H27F4N3O3/c1-17(35-26(36)27(2,3)38-25-10-7-21(16-34-25)28(30,31)32)24(13-18-5-8-23(37-4)9-6-18)20-11-19(15-33)12-22(29)14-20/h5-12,14,16-17,24H,13H2,1-4H3,(H,35,36)/t17-,24+/m0/s1. The maximum absolute atomic E-state index is 14.3. The van der Waals surface area contributed by atoms with Gasteiger partial charge < -0.3 is 14.8 Å². The van der Waals surface area contributed by atoms with E-state index in [1.54, 1.807) is 32.2 Å². The summed E-state index contributed by atoms with van der Waals surface area (Å²) in [5, 5.41) is 12.2. The lowest BCUT2D eigenvalue weighted by atomic mass is 9.85. The molecule has 0 aliphatic carbocycles. The number of methoxy groups -OCH3 is 1. The van der Waals surface area contributed by atoms with E-state index in [2.05, 4.69) is 10.3 Å². The van der Waals surface area contributed by atoms with Crippen molar-refractivity contribution < 1.29 is 31.8 Å². The van der Waals surface area contributed by atoms with E-state index in [9.17, 15) is 27.6 Å². The topological polar surface area (TPSA) is 84.2 Å². The number of carbonyl (C=O) groups excluding carboxylic acids is 1. The van der Waals surface area contributed by atoms with Crippen LogP contribution in [0.15, 0.2) is 60.8 Å². The number of ether oxygens (including phenoxy) is 2. The Hall–Kier alpha value is -4.13. The number of carbonyl (C=O) groups is 1. The van der Waals surface area contributed by atoms with E-state index >= 15 is 0 Å². The third-order valence-corrected chi connectivity index (χ3v) is 6.02. The van der Waals surface area contributed by atoms with Crippen LogP contribution in [-0.4, -0.2) is 29.6 Å². The first kappa shape index (κ1) is 28.4. The number of halogens is 4. The summed E-state index contributed by atoms with van der Waals surface area (Å²) in [5.74, 6) is -1.04. The van der Waals surface area contributed by atoms with Crippen molar-refractivity contribution in [2.24, 2.45) is 0 Å². The number of amides is 1. The van der Waals surface area contributed by atoms with Crippen LogP contribution in [0.4, 0.5) is 17.6 Å². The van der Waals surface area contributed by atoms with Crippen LogP contribution in [-0.2, 0) is 17.4 Å². The molecule has 0 bridgehead atoms. The van der Waals surface area contributed by atoms with E-state index in [-0.39, 0.29) is 11.4 Å². The van der Waals surface area contributed by atoms with Crippen molar-refractivity contribution in [2.75, 3.05) is 7.11 Å². The number of rotatable bonds is 9. The fourth-order valence-corrected chi connectivity index (χ4v) is 3.89. The molecule has 6 nitrogen and oxygen atoms in total. The fraction of sp³-hybridized carbons (Fsp3) is 0.321. The Morgan fingerprint density at radius 1 is 1.11 bits per heavy atom. The van der Waals surface area contributed by atoms with E-state index in [1.807, 2.05) is 18.2 Å². The molecular weight excluding hydrogens is 502 g/mol. The summed E-state index contributed by atoms with van der Waals surface area (Å²) in [6.45, 7) is 4.67. The van der Waals surface area contributed by atoms with Crippen LogP contribution in [0.3, 0.4) is 0 Å². The monoisotopic (exact) mass is 529 g/mol. The zero-order valence-corrected chi connectivity index (χ0v) is 21.3. The van der Waals surface area contributed by atoms with Gasteiger partial charge in [-0.3, -0.25) is 4.79 Å². The van der Waals surface area contributed by atoms with E-state index in [4.69, 9.17) is 9.47 Å². The quantitative estimate of drug-likeness (QED) is 0.354. The van der Waals surface area contributed by atoms with Crippen molar-refractivity contribution in [3.8, 4) is 17.7 Å². The van der Waals surface area contributed by atoms with Gasteiger partial charge in [0.25, 0.3) is 5.91 Å². The summed E-state index contributed by atoms with van der Waals surface area (Å²) in [6.07, 6.45) is -3.51. The molecule has 1 heterocycles. The number of aromatic nitrogens is 1. The molecule has 1 amide bonds. The number of nitrogens with one attached hydrogen (secondary N) is 1. The summed E-state index contributed by atoms with van der Waals surface area (Å²) >= 11 is 0. The van der Waals surface area contributed by atoms with Gasteiger partial charge in [0.1, 0.15) is 11.6 Å². The second kappa shape index (κ2) is 11.5. The van der Waals surface area contributed by atoms with Crippen LogP contribution in [0.2, 0.25) is 0 Å². The number of alkyl halides is 3. The molecule has 0 unspecified atom stereocenters. The Bertz CT molecular complexity index is 1300.